The van der Waals surface area contributed by atoms with Crippen molar-refractivity contribution in [2.24, 2.45) is 38.2 Å². The summed E-state index contributed by atoms with van der Waals surface area (Å²) in [6, 6.07) is 0. The van der Waals surface area contributed by atoms with E-state index in [9.17, 15) is 0 Å². The molecule has 0 unspecified atom stereocenters. The topological polar surface area (TPSA) is 41.3 Å². The Bertz CT molecular complexity index is 414. The van der Waals surface area contributed by atoms with Gasteiger partial charge in [0.05, 0.1) is 0 Å². The molecule has 0 saturated carbocycles. The van der Waals surface area contributed by atoms with Gasteiger partial charge in [0.25, 0.3) is 0 Å². The Morgan fingerprint density at radius 3 is 0.758 bits per heavy atom. The van der Waals surface area contributed by atoms with E-state index in [2.05, 4.69) is 135 Å². The number of nitrogens with one attached hydrogen (secondary N) is 1. The maximum Gasteiger partial charge on any atom is 0.00305 e. The summed E-state index contributed by atoms with van der Waals surface area (Å²) in [6.07, 6.45) is 0. The standard InChI is InChI=1S/C15H33N.C10H23N.C5H13N/c1-13(2,3)10-16(11-14(4,5)6)12-15(7,8)9;1-9(2,3)7-11-8-10(4,5)6;1-5(2,3)4-6/h10-12H2,1-9H3;11H,7-8H2,1-6H3;4,6H2,1-3H3. The predicted molar refractivity (Wildman–Crippen MR) is 155 cm³/mol. The molecule has 0 fully saturated rings. The highest BCUT2D eigenvalue weighted by Gasteiger charge is 2.25. The Hall–Kier alpha value is -0.120. The van der Waals surface area contributed by atoms with Crippen LogP contribution in [0.2, 0.25) is 0 Å². The first-order valence-corrected chi connectivity index (χ1v) is 13.2. The molecule has 0 saturated heterocycles. The van der Waals surface area contributed by atoms with Crippen LogP contribution in [-0.4, -0.2) is 44.2 Å². The first-order valence-electron chi connectivity index (χ1n) is 13.2. The monoisotopic (exact) mass is 472 g/mol. The van der Waals surface area contributed by atoms with E-state index in [0.29, 0.717) is 32.5 Å². The molecule has 0 bridgehead atoms. The van der Waals surface area contributed by atoms with Gasteiger partial charge in [0.15, 0.2) is 0 Å². The van der Waals surface area contributed by atoms with Crippen molar-refractivity contribution in [1.29, 1.82) is 0 Å². The van der Waals surface area contributed by atoms with Gasteiger partial charge in [0.2, 0.25) is 0 Å². The second-order valence-corrected chi connectivity index (χ2v) is 17.3. The summed E-state index contributed by atoms with van der Waals surface area (Å²) in [5.74, 6) is 0. The van der Waals surface area contributed by atoms with Gasteiger partial charge < -0.3 is 16.0 Å². The van der Waals surface area contributed by atoms with E-state index in [1.807, 2.05) is 0 Å². The van der Waals surface area contributed by atoms with E-state index in [4.69, 9.17) is 5.73 Å². The first kappa shape index (κ1) is 37.4. The Balaban J connectivity index is -0.000000457. The molecular formula is C30H69N3. The van der Waals surface area contributed by atoms with Crippen molar-refractivity contribution in [3.8, 4) is 0 Å². The molecule has 0 radical (unpaired) electrons. The highest BCUT2D eigenvalue weighted by Crippen LogP contribution is 2.24. The summed E-state index contributed by atoms with van der Waals surface area (Å²) in [5, 5.41) is 3.47. The summed E-state index contributed by atoms with van der Waals surface area (Å²) >= 11 is 0. The van der Waals surface area contributed by atoms with Gasteiger partial charge in [-0.3, -0.25) is 0 Å². The average Bonchev–Trinajstić information content (AvgIpc) is 2.38. The van der Waals surface area contributed by atoms with Crippen LogP contribution >= 0.6 is 0 Å². The summed E-state index contributed by atoms with van der Waals surface area (Å²) < 4.78 is 0. The molecule has 0 aliphatic heterocycles. The largest absolute Gasteiger partial charge is 0.330 e. The van der Waals surface area contributed by atoms with Crippen LogP contribution in [0.3, 0.4) is 0 Å². The van der Waals surface area contributed by atoms with Crippen LogP contribution in [0, 0.1) is 32.5 Å². The summed E-state index contributed by atoms with van der Waals surface area (Å²) in [7, 11) is 0. The molecule has 0 heterocycles. The fourth-order valence-electron chi connectivity index (χ4n) is 2.99. The third-order valence-electron chi connectivity index (χ3n) is 4.02. The second kappa shape index (κ2) is 14.4. The number of nitrogens with zero attached hydrogens (tertiary/aromatic N) is 1. The lowest BCUT2D eigenvalue weighted by Gasteiger charge is -2.38. The van der Waals surface area contributed by atoms with E-state index in [1.54, 1.807) is 0 Å². The van der Waals surface area contributed by atoms with E-state index in [0.717, 1.165) is 19.6 Å². The van der Waals surface area contributed by atoms with Gasteiger partial charge in [-0.05, 0) is 39.0 Å². The summed E-state index contributed by atoms with van der Waals surface area (Å²) in [5.41, 5.74) is 7.60. The first-order chi connectivity index (χ1) is 14.1. The van der Waals surface area contributed by atoms with Gasteiger partial charge in [0, 0.05) is 32.7 Å². The molecule has 3 nitrogen and oxygen atoms in total. The molecule has 204 valence electrons. The summed E-state index contributed by atoms with van der Waals surface area (Å²) in [4.78, 5) is 2.62. The zero-order valence-corrected chi connectivity index (χ0v) is 26.8. The highest BCUT2D eigenvalue weighted by atomic mass is 15.1. The van der Waals surface area contributed by atoms with Gasteiger partial charge in [-0.1, -0.05) is 125 Å². The van der Waals surface area contributed by atoms with Gasteiger partial charge in [-0.2, -0.15) is 0 Å². The fraction of sp³-hybridized carbons (Fsp3) is 1.00. The lowest BCUT2D eigenvalue weighted by molar-refractivity contribution is 0.103. The molecule has 0 aromatic carbocycles. The Kier molecular flexibility index (Phi) is 16.4. The molecule has 0 atom stereocenters. The van der Waals surface area contributed by atoms with Gasteiger partial charge in [-0.25, -0.2) is 0 Å². The van der Waals surface area contributed by atoms with Crippen LogP contribution < -0.4 is 11.1 Å². The minimum absolute atomic E-state index is 0.319. The van der Waals surface area contributed by atoms with Crippen LogP contribution in [-0.2, 0) is 0 Å². The van der Waals surface area contributed by atoms with Gasteiger partial charge in [-0.15, -0.1) is 0 Å². The Labute approximate surface area is 212 Å². The average molecular weight is 472 g/mol. The predicted octanol–water partition coefficient (Wildman–Crippen LogP) is 8.09. The molecule has 0 spiro atoms. The number of nitrogens with two attached hydrogens (primary N) is 1. The normalized spacial score (nSPS) is 13.8. The number of hydrogen-bond acceptors (Lipinski definition) is 3. The minimum Gasteiger partial charge on any atom is -0.330 e. The maximum absolute atomic E-state index is 5.31. The van der Waals surface area contributed by atoms with Crippen LogP contribution in [0.25, 0.3) is 0 Å². The van der Waals surface area contributed by atoms with Gasteiger partial charge >= 0.3 is 0 Å². The molecule has 3 N–H and O–H groups in total. The van der Waals surface area contributed by atoms with Crippen molar-refractivity contribution < 1.29 is 0 Å². The number of rotatable bonds is 5. The molecule has 0 aliphatic rings. The van der Waals surface area contributed by atoms with Crippen molar-refractivity contribution in [3.63, 3.8) is 0 Å². The Morgan fingerprint density at radius 1 is 0.424 bits per heavy atom. The number of hydrogen-bond donors (Lipinski definition) is 2. The quantitative estimate of drug-likeness (QED) is 0.425. The van der Waals surface area contributed by atoms with Crippen molar-refractivity contribution >= 4 is 0 Å². The van der Waals surface area contributed by atoms with E-state index >= 15 is 0 Å². The van der Waals surface area contributed by atoms with Crippen molar-refractivity contribution in [2.45, 2.75) is 125 Å². The molecule has 0 rings (SSSR count). The van der Waals surface area contributed by atoms with Crippen molar-refractivity contribution in [1.82, 2.24) is 10.2 Å². The highest BCUT2D eigenvalue weighted by molar-refractivity contribution is 4.78. The molecule has 0 amide bonds. The lowest BCUT2D eigenvalue weighted by Crippen LogP contribution is -2.42. The molecule has 0 aromatic rings. The maximum atomic E-state index is 5.31. The Morgan fingerprint density at radius 2 is 0.636 bits per heavy atom. The minimum atomic E-state index is 0.319. The lowest BCUT2D eigenvalue weighted by atomic mass is 9.89. The molecule has 33 heavy (non-hydrogen) atoms. The van der Waals surface area contributed by atoms with E-state index in [1.165, 1.54) is 19.6 Å². The molecule has 0 aliphatic carbocycles. The molecular weight excluding hydrogens is 402 g/mol. The summed E-state index contributed by atoms with van der Waals surface area (Å²) in [6.45, 7) is 47.3. The van der Waals surface area contributed by atoms with Crippen LogP contribution in [0.1, 0.15) is 125 Å². The van der Waals surface area contributed by atoms with Crippen LogP contribution in [0.5, 0.6) is 0 Å². The smallest absolute Gasteiger partial charge is 0.00305 e. The third-order valence-corrected chi connectivity index (χ3v) is 4.02. The zero-order chi connectivity index (χ0) is 27.5. The SMILES string of the molecule is CC(C)(C)CN.CC(C)(C)CN(CC(C)(C)C)CC(C)(C)C.CC(C)(C)CNCC(C)(C)C. The second-order valence-electron chi connectivity index (χ2n) is 17.3. The van der Waals surface area contributed by atoms with Crippen molar-refractivity contribution in [3.05, 3.63) is 0 Å². The van der Waals surface area contributed by atoms with Gasteiger partial charge in [0.1, 0.15) is 0 Å². The van der Waals surface area contributed by atoms with Crippen LogP contribution in [0.4, 0.5) is 0 Å². The van der Waals surface area contributed by atoms with E-state index < -0.39 is 0 Å². The van der Waals surface area contributed by atoms with E-state index in [-0.39, 0.29) is 0 Å². The zero-order valence-electron chi connectivity index (χ0n) is 26.8. The molecule has 0 aromatic heterocycles. The molecule has 3 heteroatoms. The fourth-order valence-corrected chi connectivity index (χ4v) is 2.99. The third kappa shape index (κ3) is 42.5. The van der Waals surface area contributed by atoms with Crippen molar-refractivity contribution in [2.75, 3.05) is 39.3 Å². The van der Waals surface area contributed by atoms with Crippen LogP contribution in [0.15, 0.2) is 0 Å².